The van der Waals surface area contributed by atoms with E-state index in [4.69, 9.17) is 0 Å². The average molecular weight is 851 g/mol. The molecule has 2 aliphatic rings. The number of hydrogen-bond acceptors (Lipinski definition) is 10. The van der Waals surface area contributed by atoms with Gasteiger partial charge in [-0.1, -0.05) is 72.8 Å². The molecule has 7 aromatic rings. The minimum atomic E-state index is -5.91. The molecule has 0 unspecified atom stereocenters. The lowest BCUT2D eigenvalue weighted by molar-refractivity contribution is -0.319. The first-order chi connectivity index (χ1) is 28.2. The van der Waals surface area contributed by atoms with Crippen molar-refractivity contribution in [1.29, 1.82) is 0 Å². The molecule has 0 amide bonds. The van der Waals surface area contributed by atoms with E-state index in [0.29, 0.717) is 4.73 Å². The third-order valence-electron chi connectivity index (χ3n) is 8.68. The zero-order chi connectivity index (χ0) is 42.5. The molecular formula is C36H14F12N8O4. The number of aromatic nitrogens is 8. The van der Waals surface area contributed by atoms with Crippen LogP contribution in [0.4, 0.5) is 52.7 Å². The predicted octanol–water partition coefficient (Wildman–Crippen LogP) is 9.99. The Balaban J connectivity index is 1.53. The second-order valence-corrected chi connectivity index (χ2v) is 12.5. The maximum absolute atomic E-state index is 14.2. The molecule has 0 fully saturated rings. The molecule has 4 aromatic carbocycles. The van der Waals surface area contributed by atoms with E-state index in [0.717, 1.165) is 0 Å². The van der Waals surface area contributed by atoms with Crippen LogP contribution >= 0.6 is 0 Å². The van der Waals surface area contributed by atoms with Crippen LogP contribution in [0.15, 0.2) is 78.9 Å². The molecule has 0 saturated carbocycles. The summed E-state index contributed by atoms with van der Waals surface area (Å²) < 4.78 is 179. The van der Waals surface area contributed by atoms with Gasteiger partial charge in [-0.2, -0.15) is 0 Å². The first-order valence-corrected chi connectivity index (χ1v) is 16.6. The highest BCUT2D eigenvalue weighted by atomic mass is 19.4. The van der Waals surface area contributed by atoms with E-state index in [-0.39, 0.29) is 56.6 Å². The third kappa shape index (κ3) is 6.97. The number of benzene rings is 4. The maximum atomic E-state index is 14.2. The van der Waals surface area contributed by atoms with Gasteiger partial charge in [0.1, 0.15) is 11.3 Å². The van der Waals surface area contributed by atoms with Crippen molar-refractivity contribution >= 4 is 44.1 Å². The van der Waals surface area contributed by atoms with Gasteiger partial charge in [-0.25, -0.2) is 29.9 Å². The summed E-state index contributed by atoms with van der Waals surface area (Å²) in [7, 11) is 0. The number of alkyl halides is 12. The van der Waals surface area contributed by atoms with E-state index in [2.05, 4.69) is 53.9 Å². The van der Waals surface area contributed by atoms with Gasteiger partial charge in [-0.05, 0) is 6.07 Å². The molecule has 12 nitrogen and oxygen atoms in total. The lowest BCUT2D eigenvalue weighted by Crippen LogP contribution is -2.27. The van der Waals surface area contributed by atoms with Gasteiger partial charge in [-0.15, -0.1) is 57.4 Å². The molecule has 9 rings (SSSR count). The van der Waals surface area contributed by atoms with E-state index in [9.17, 15) is 52.7 Å². The minimum absolute atomic E-state index is 0.0425. The van der Waals surface area contributed by atoms with Gasteiger partial charge in [0.2, 0.25) is 5.75 Å². The molecule has 0 atom stereocenters. The largest absolute Gasteiger partial charge is 0.591 e. The topological polar surface area (TPSA) is 135 Å². The highest BCUT2D eigenvalue weighted by Gasteiger charge is 2.43. The van der Waals surface area contributed by atoms with Crippen LogP contribution in [0.2, 0.25) is 0 Å². The smallest absolute Gasteiger partial charge is 0.402 e. The van der Waals surface area contributed by atoms with Crippen LogP contribution in [0.1, 0.15) is 0 Å². The fourth-order valence-corrected chi connectivity index (χ4v) is 6.61. The van der Waals surface area contributed by atoms with Crippen LogP contribution in [0, 0.1) is 0 Å². The van der Waals surface area contributed by atoms with Crippen LogP contribution in [-0.2, 0) is 0 Å². The number of rotatable bonds is 4. The number of aromatic amines is 1. The van der Waals surface area contributed by atoms with E-state index in [1.54, 1.807) is 0 Å². The summed E-state index contributed by atoms with van der Waals surface area (Å²) in [6, 6.07) is 17.6. The molecular weight excluding hydrogens is 836 g/mol. The first-order valence-electron chi connectivity index (χ1n) is 16.6. The average Bonchev–Trinajstić information content (AvgIpc) is 3.85. The van der Waals surface area contributed by atoms with Gasteiger partial charge in [0.15, 0.2) is 46.1 Å². The van der Waals surface area contributed by atoms with Crippen molar-refractivity contribution in [2.45, 2.75) is 25.4 Å². The number of nitrogens with one attached hydrogen (secondary N) is 1. The quantitative estimate of drug-likeness (QED) is 0.171. The van der Waals surface area contributed by atoms with E-state index in [1.807, 2.05) is 0 Å². The summed E-state index contributed by atoms with van der Waals surface area (Å²) in [5.74, 6) is -7.57. The summed E-state index contributed by atoms with van der Waals surface area (Å²) in [6.45, 7) is 0. The number of H-pyrrole nitrogens is 1. The monoisotopic (exact) mass is 850 g/mol. The number of ether oxygens (including phenoxy) is 3. The van der Waals surface area contributed by atoms with Crippen molar-refractivity contribution < 1.29 is 71.7 Å². The highest BCUT2D eigenvalue weighted by Crippen LogP contribution is 2.51. The zero-order valence-electron chi connectivity index (χ0n) is 28.8. The van der Waals surface area contributed by atoms with Crippen LogP contribution in [0.3, 0.4) is 0 Å². The second kappa shape index (κ2) is 13.1. The second-order valence-electron chi connectivity index (χ2n) is 12.5. The summed E-state index contributed by atoms with van der Waals surface area (Å²) >= 11 is 0. The molecule has 306 valence electrons. The van der Waals surface area contributed by atoms with Crippen molar-refractivity contribution in [3.05, 3.63) is 78.9 Å². The Morgan fingerprint density at radius 1 is 0.433 bits per heavy atom. The van der Waals surface area contributed by atoms with Crippen LogP contribution in [-0.4, -0.2) is 65.1 Å². The Kier molecular flexibility index (Phi) is 8.30. The van der Waals surface area contributed by atoms with Crippen molar-refractivity contribution in [2.24, 2.45) is 0 Å². The van der Waals surface area contributed by atoms with Gasteiger partial charge < -0.3 is 24.0 Å². The Morgan fingerprint density at radius 2 is 0.850 bits per heavy atom. The Morgan fingerprint density at radius 3 is 1.30 bits per heavy atom. The van der Waals surface area contributed by atoms with Crippen molar-refractivity contribution in [3.8, 4) is 62.8 Å². The molecule has 3 aromatic heterocycles. The van der Waals surface area contributed by atoms with Gasteiger partial charge in [0, 0.05) is 38.4 Å². The summed E-state index contributed by atoms with van der Waals surface area (Å²) in [4.78, 5) is 33.1. The fraction of sp³-hybridized carbons (Fsp3) is 0.111. The molecule has 0 saturated heterocycles. The van der Waals surface area contributed by atoms with Crippen LogP contribution in [0.25, 0.3) is 89.7 Å². The Hall–Kier alpha value is -7.40. The number of nitrogens with zero attached hydrogens (tertiary/aromatic N) is 7. The number of hydrogen-bond donors (Lipinski definition) is 1. The summed E-state index contributed by atoms with van der Waals surface area (Å²) in [6.07, 6.45) is -22.9. The van der Waals surface area contributed by atoms with Gasteiger partial charge >= 0.3 is 25.4 Å². The van der Waals surface area contributed by atoms with E-state index < -0.39 is 81.9 Å². The molecule has 60 heavy (non-hydrogen) atoms. The maximum Gasteiger partial charge on any atom is 0.591 e. The standard InChI is InChI=1S/C36H14F12N8O4/c37-33(38,39)57-21-13-20-22(24(59-35(43,44)45)23(21)58-34(40,41)42)30-52-26-15-8-2-4-10-17(15)28(50-26)55-32-19-12-6-5-11-18(19)31(56(32)60-36(46,47)48)54-27-16-9-3-1-7-14(16)25(49-27)51-29(20)53-30/h1-13H,(H,49,50,51,52,53,54,55). The van der Waals surface area contributed by atoms with E-state index >= 15 is 0 Å². The van der Waals surface area contributed by atoms with Crippen molar-refractivity contribution in [3.63, 3.8) is 0 Å². The third-order valence-corrected chi connectivity index (χ3v) is 8.68. The molecule has 1 N–H and O–H groups in total. The lowest BCUT2D eigenvalue weighted by atomic mass is 10.1. The molecule has 0 aliphatic carbocycles. The lowest BCUT2D eigenvalue weighted by Gasteiger charge is -2.20. The van der Waals surface area contributed by atoms with Crippen LogP contribution in [0.5, 0.6) is 17.2 Å². The molecule has 24 heteroatoms. The Labute approximate surface area is 322 Å². The van der Waals surface area contributed by atoms with Crippen molar-refractivity contribution in [1.82, 2.24) is 39.6 Å². The van der Waals surface area contributed by atoms with Gasteiger partial charge in [0.25, 0.3) is 0 Å². The SMILES string of the molecule is FC(F)(F)Oc1cc2c3nc4nc(nc5c6ccccc6c(nc6nc(nc([nH]3)c2c(OC(F)(F)F)c1OC(F)(F)F)-c1ccccc1-6)n5OC(F)(F)F)-c1ccccc1-4. The molecule has 5 heterocycles. The first kappa shape index (κ1) is 38.1. The predicted molar refractivity (Wildman–Crippen MR) is 182 cm³/mol. The highest BCUT2D eigenvalue weighted by molar-refractivity contribution is 6.11. The van der Waals surface area contributed by atoms with E-state index in [1.165, 1.54) is 72.8 Å². The molecule has 2 aliphatic heterocycles. The zero-order valence-corrected chi connectivity index (χ0v) is 28.8. The van der Waals surface area contributed by atoms with Crippen LogP contribution < -0.4 is 19.0 Å². The van der Waals surface area contributed by atoms with Gasteiger partial charge in [-0.3, -0.25) is 0 Å². The Bertz CT molecular complexity index is 3090. The van der Waals surface area contributed by atoms with Gasteiger partial charge in [0.05, 0.1) is 5.39 Å². The normalized spacial score (nSPS) is 13.0. The van der Waals surface area contributed by atoms with Crippen molar-refractivity contribution in [2.75, 3.05) is 0 Å². The fourth-order valence-electron chi connectivity index (χ4n) is 6.61. The molecule has 0 radical (unpaired) electrons. The minimum Gasteiger partial charge on any atom is -0.402 e. The summed E-state index contributed by atoms with van der Waals surface area (Å²) in [5.41, 5.74) is -2.12. The summed E-state index contributed by atoms with van der Waals surface area (Å²) in [5, 5.41) is -1.70. The molecule has 0 spiro atoms. The number of fused-ring (bicyclic) bond motifs is 20. The number of halogens is 12. The molecule has 8 bridgehead atoms.